The molecule has 2 fully saturated rings. The van der Waals surface area contributed by atoms with Crippen LogP contribution in [-0.2, 0) is 19.0 Å². The highest BCUT2D eigenvalue weighted by Gasteiger charge is 2.62. The van der Waals surface area contributed by atoms with Crippen molar-refractivity contribution in [2.75, 3.05) is 6.61 Å². The minimum atomic E-state index is -0.873. The largest absolute Gasteiger partial charge is 0.514 e. The van der Waals surface area contributed by atoms with Gasteiger partial charge in [0.1, 0.15) is 5.76 Å². The molecular weight excluding hydrogens is 368 g/mol. The van der Waals surface area contributed by atoms with Crippen LogP contribution >= 0.6 is 0 Å². The van der Waals surface area contributed by atoms with E-state index in [2.05, 4.69) is 12.8 Å². The fraction of sp³-hybridized carbons (Fsp3) is 0.500. The number of hydrogen-bond donors (Lipinski definition) is 0. The zero-order valence-corrected chi connectivity index (χ0v) is 17.3. The molecule has 4 rings (SSSR count). The second-order valence-corrected chi connectivity index (χ2v) is 8.32. The Labute approximate surface area is 171 Å². The number of rotatable bonds is 4. The number of terminal acetylenes is 1. The predicted molar refractivity (Wildman–Crippen MR) is 108 cm³/mol. The highest BCUT2D eigenvalue weighted by Crippen LogP contribution is 2.57. The first-order valence-electron chi connectivity index (χ1n) is 10.2. The maximum atomic E-state index is 13.6. The Hall–Kier alpha value is -2.58. The molecule has 2 bridgehead atoms. The third-order valence-corrected chi connectivity index (χ3v) is 6.49. The zero-order valence-electron chi connectivity index (χ0n) is 17.3. The van der Waals surface area contributed by atoms with Crippen LogP contribution < -0.4 is 0 Å². The van der Waals surface area contributed by atoms with Crippen LogP contribution in [0.15, 0.2) is 17.9 Å². The van der Waals surface area contributed by atoms with Crippen molar-refractivity contribution in [3.8, 4) is 12.3 Å². The summed E-state index contributed by atoms with van der Waals surface area (Å²) in [6, 6.07) is 4.09. The lowest BCUT2D eigenvalue weighted by atomic mass is 9.74. The van der Waals surface area contributed by atoms with E-state index in [1.807, 2.05) is 32.9 Å². The molecule has 152 valence electrons. The Bertz CT molecular complexity index is 928. The molecular formula is C24H26O5. The predicted octanol–water partition coefficient (Wildman–Crippen LogP) is 4.12. The molecule has 0 amide bonds. The molecule has 0 unspecified atom stereocenters. The van der Waals surface area contributed by atoms with Gasteiger partial charge in [0.15, 0.2) is 12.4 Å². The summed E-state index contributed by atoms with van der Waals surface area (Å²) in [6.07, 6.45) is 5.92. The van der Waals surface area contributed by atoms with Crippen molar-refractivity contribution in [3.63, 3.8) is 0 Å². The number of ketones is 1. The van der Waals surface area contributed by atoms with E-state index in [1.54, 1.807) is 0 Å². The summed E-state index contributed by atoms with van der Waals surface area (Å²) in [6.45, 7) is 7.95. The molecule has 5 nitrogen and oxygen atoms in total. The molecule has 2 saturated heterocycles. The van der Waals surface area contributed by atoms with E-state index in [9.17, 15) is 9.59 Å². The molecule has 0 spiro atoms. The molecule has 1 aromatic carbocycles. The summed E-state index contributed by atoms with van der Waals surface area (Å²) in [5.74, 6) is 2.46. The molecule has 0 radical (unpaired) electrons. The lowest BCUT2D eigenvalue weighted by molar-refractivity contribution is -0.118. The maximum Gasteiger partial charge on any atom is 0.514 e. The number of fused-ring (bicyclic) bond motifs is 5. The Morgan fingerprint density at radius 1 is 1.24 bits per heavy atom. The Morgan fingerprint density at radius 2 is 1.93 bits per heavy atom. The fourth-order valence-corrected chi connectivity index (χ4v) is 5.50. The van der Waals surface area contributed by atoms with Crippen molar-refractivity contribution in [3.05, 3.63) is 40.1 Å². The van der Waals surface area contributed by atoms with Crippen molar-refractivity contribution in [1.82, 2.24) is 0 Å². The molecule has 1 aromatic rings. The zero-order chi connectivity index (χ0) is 20.9. The number of aryl methyl sites for hydroxylation is 3. The van der Waals surface area contributed by atoms with Gasteiger partial charge in [-0.25, -0.2) is 4.79 Å². The summed E-state index contributed by atoms with van der Waals surface area (Å²) in [4.78, 5) is 25.9. The van der Waals surface area contributed by atoms with Crippen molar-refractivity contribution < 1.29 is 23.8 Å². The normalized spacial score (nSPS) is 29.8. The van der Waals surface area contributed by atoms with Crippen LogP contribution in [0.25, 0.3) is 5.57 Å². The number of allylic oxidation sites excluding steroid dienone is 1. The fourth-order valence-electron chi connectivity index (χ4n) is 5.50. The molecule has 2 heterocycles. The van der Waals surface area contributed by atoms with Crippen LogP contribution in [0, 0.1) is 50.9 Å². The average molecular weight is 394 g/mol. The van der Waals surface area contributed by atoms with E-state index >= 15 is 0 Å². The summed E-state index contributed by atoms with van der Waals surface area (Å²) >= 11 is 0. The van der Waals surface area contributed by atoms with Gasteiger partial charge in [0.2, 0.25) is 0 Å². The molecule has 3 aliphatic rings. The number of benzene rings is 1. The Kier molecular flexibility index (Phi) is 5.00. The first-order valence-corrected chi connectivity index (χ1v) is 10.2. The second kappa shape index (κ2) is 7.35. The van der Waals surface area contributed by atoms with Crippen molar-refractivity contribution in [2.45, 2.75) is 52.7 Å². The summed E-state index contributed by atoms with van der Waals surface area (Å²) in [5, 5.41) is 0. The van der Waals surface area contributed by atoms with Gasteiger partial charge in [-0.3, -0.25) is 4.79 Å². The lowest BCUT2D eigenvalue weighted by Gasteiger charge is -2.27. The minimum absolute atomic E-state index is 0.00635. The van der Waals surface area contributed by atoms with Crippen molar-refractivity contribution in [1.29, 1.82) is 0 Å². The molecule has 0 aromatic heterocycles. The highest BCUT2D eigenvalue weighted by molar-refractivity contribution is 6.26. The van der Waals surface area contributed by atoms with Crippen LogP contribution in [0.5, 0.6) is 0 Å². The number of Topliss-reactive ketones (excluding diaryl/α,β-unsaturated/α-hetero) is 1. The highest BCUT2D eigenvalue weighted by atomic mass is 16.7. The topological polar surface area (TPSA) is 61.8 Å². The first-order chi connectivity index (χ1) is 13.9. The van der Waals surface area contributed by atoms with Crippen LogP contribution in [0.3, 0.4) is 0 Å². The molecule has 5 atom stereocenters. The van der Waals surface area contributed by atoms with Gasteiger partial charge in [0.05, 0.1) is 29.6 Å². The summed E-state index contributed by atoms with van der Waals surface area (Å²) < 4.78 is 16.8. The molecule has 0 saturated carbocycles. The molecule has 0 N–H and O–H groups in total. The van der Waals surface area contributed by atoms with Gasteiger partial charge < -0.3 is 14.2 Å². The van der Waals surface area contributed by atoms with Crippen LogP contribution in [0.4, 0.5) is 4.79 Å². The van der Waals surface area contributed by atoms with Crippen molar-refractivity contribution >= 4 is 17.5 Å². The van der Waals surface area contributed by atoms with Gasteiger partial charge in [-0.2, -0.15) is 0 Å². The van der Waals surface area contributed by atoms with Gasteiger partial charge in [-0.05, 0) is 49.8 Å². The van der Waals surface area contributed by atoms with Gasteiger partial charge in [-0.15, -0.1) is 6.42 Å². The summed E-state index contributed by atoms with van der Waals surface area (Å²) in [5.41, 5.74) is 4.46. The second-order valence-electron chi connectivity index (χ2n) is 8.32. The third-order valence-electron chi connectivity index (χ3n) is 6.49. The van der Waals surface area contributed by atoms with E-state index in [0.29, 0.717) is 17.3 Å². The smallest absolute Gasteiger partial charge is 0.421 e. The van der Waals surface area contributed by atoms with Crippen molar-refractivity contribution in [2.24, 2.45) is 17.8 Å². The average Bonchev–Trinajstić information content (AvgIpc) is 3.32. The molecule has 1 aliphatic carbocycles. The van der Waals surface area contributed by atoms with E-state index in [1.165, 1.54) is 0 Å². The number of ether oxygens (including phenoxy) is 3. The van der Waals surface area contributed by atoms with Gasteiger partial charge in [0.25, 0.3) is 0 Å². The van der Waals surface area contributed by atoms with E-state index in [0.717, 1.165) is 35.1 Å². The molecule has 29 heavy (non-hydrogen) atoms. The Morgan fingerprint density at radius 3 is 2.55 bits per heavy atom. The quantitative estimate of drug-likeness (QED) is 0.568. The van der Waals surface area contributed by atoms with E-state index < -0.39 is 6.16 Å². The van der Waals surface area contributed by atoms with Gasteiger partial charge in [0, 0.05) is 0 Å². The van der Waals surface area contributed by atoms with Crippen LogP contribution in [0.2, 0.25) is 0 Å². The maximum absolute atomic E-state index is 13.6. The Balaban J connectivity index is 1.83. The molecule has 5 heteroatoms. The minimum Gasteiger partial charge on any atom is -0.421 e. The first kappa shape index (κ1) is 19.7. The van der Waals surface area contributed by atoms with E-state index in [4.69, 9.17) is 20.6 Å². The number of hydrogen-bond acceptors (Lipinski definition) is 5. The monoisotopic (exact) mass is 394 g/mol. The van der Waals surface area contributed by atoms with E-state index in [-0.39, 0.29) is 36.4 Å². The van der Waals surface area contributed by atoms with Gasteiger partial charge >= 0.3 is 6.16 Å². The lowest BCUT2D eigenvalue weighted by Crippen LogP contribution is -2.34. The number of carbonyl (C=O) groups excluding carboxylic acids is 2. The molecule has 2 aliphatic heterocycles. The third kappa shape index (κ3) is 3.07. The van der Waals surface area contributed by atoms with Gasteiger partial charge in [-0.1, -0.05) is 37.0 Å². The standard InChI is InChI=1S/C24H26O5/c1-6-8-27-24(26)29-23-19(17-13(4)9-12(3)10-14(17)5)21(25)18-16-11-15(7-2)22(28-16)20(18)23/h1,9-10,15-16,18,20,22H,7-8,11H2,2-5H3/t15-,16+,18+,20+,22+/m1/s1. The van der Waals surface area contributed by atoms with Crippen LogP contribution in [-0.4, -0.2) is 30.8 Å². The summed E-state index contributed by atoms with van der Waals surface area (Å²) in [7, 11) is 0. The number of carbonyl (C=O) groups is 2. The van der Waals surface area contributed by atoms with Crippen LogP contribution in [0.1, 0.15) is 42.0 Å². The SMILES string of the molecule is C#CCOC(=O)OC1=C(c2c(C)cc(C)cc2C)C(=O)[C@@H]2[C@H]1[C@H]1O[C@H]2C[C@H]1CC.